The van der Waals surface area contributed by atoms with Crippen molar-refractivity contribution in [2.24, 2.45) is 0 Å². The van der Waals surface area contributed by atoms with Crippen LogP contribution in [-0.4, -0.2) is 25.0 Å². The van der Waals surface area contributed by atoms with Gasteiger partial charge in [-0.2, -0.15) is 0 Å². The molecule has 1 atom stereocenters. The summed E-state index contributed by atoms with van der Waals surface area (Å²) in [6, 6.07) is 10.5. The lowest BCUT2D eigenvalue weighted by Gasteiger charge is -2.12. The fourth-order valence-electron chi connectivity index (χ4n) is 2.41. The maximum atomic E-state index is 13.3. The predicted octanol–water partition coefficient (Wildman–Crippen LogP) is 3.38. The zero-order valence-electron chi connectivity index (χ0n) is 13.6. The minimum Gasteiger partial charge on any atom is -0.479 e. The van der Waals surface area contributed by atoms with Crippen molar-refractivity contribution >= 4 is 17.8 Å². The summed E-state index contributed by atoms with van der Waals surface area (Å²) in [5.41, 5.74) is 0.896. The van der Waals surface area contributed by atoms with Gasteiger partial charge < -0.3 is 14.2 Å². The summed E-state index contributed by atoms with van der Waals surface area (Å²) in [5.74, 6) is -0.418. The molecule has 6 heteroatoms. The third kappa shape index (κ3) is 3.52. The van der Waals surface area contributed by atoms with Crippen molar-refractivity contribution in [3.8, 4) is 11.5 Å². The van der Waals surface area contributed by atoms with Crippen LogP contribution in [0.15, 0.2) is 48.2 Å². The predicted molar refractivity (Wildman–Crippen MR) is 87.9 cm³/mol. The molecule has 2 aromatic rings. The SMILES string of the molecule is COC(=O)[C@H](C)Oc1ccc2c(c1)OC(=Cc1cccc(F)c1)C2=O. The van der Waals surface area contributed by atoms with E-state index in [1.807, 2.05) is 0 Å². The Balaban J connectivity index is 1.83. The van der Waals surface area contributed by atoms with Gasteiger partial charge in [-0.1, -0.05) is 12.1 Å². The van der Waals surface area contributed by atoms with E-state index < -0.39 is 17.9 Å². The van der Waals surface area contributed by atoms with Crippen molar-refractivity contribution < 1.29 is 28.2 Å². The number of ketones is 1. The molecule has 1 aliphatic rings. The molecule has 0 radical (unpaired) electrons. The maximum absolute atomic E-state index is 13.3. The van der Waals surface area contributed by atoms with E-state index in [0.717, 1.165) is 0 Å². The first-order valence-electron chi connectivity index (χ1n) is 7.56. The van der Waals surface area contributed by atoms with Crippen molar-refractivity contribution in [3.05, 3.63) is 65.2 Å². The van der Waals surface area contributed by atoms with Crippen LogP contribution in [0, 0.1) is 5.82 Å². The molecule has 0 spiro atoms. The molecule has 0 bridgehead atoms. The quantitative estimate of drug-likeness (QED) is 0.630. The first kappa shape index (κ1) is 16.7. The number of esters is 1. The van der Waals surface area contributed by atoms with Crippen LogP contribution in [0.2, 0.25) is 0 Å². The van der Waals surface area contributed by atoms with Gasteiger partial charge in [0, 0.05) is 6.07 Å². The van der Waals surface area contributed by atoms with Crippen LogP contribution in [-0.2, 0) is 9.53 Å². The van der Waals surface area contributed by atoms with Crippen LogP contribution in [0.4, 0.5) is 4.39 Å². The number of hydrogen-bond donors (Lipinski definition) is 0. The summed E-state index contributed by atoms with van der Waals surface area (Å²) in [6.07, 6.45) is 0.686. The van der Waals surface area contributed by atoms with Crippen molar-refractivity contribution in [3.63, 3.8) is 0 Å². The number of halogens is 1. The number of allylic oxidation sites excluding steroid dienone is 1. The normalized spacial score (nSPS) is 15.5. The van der Waals surface area contributed by atoms with Gasteiger partial charge in [0.05, 0.1) is 12.7 Å². The smallest absolute Gasteiger partial charge is 0.346 e. The van der Waals surface area contributed by atoms with Gasteiger partial charge in [0.25, 0.3) is 0 Å². The molecule has 0 N–H and O–H groups in total. The Kier molecular flexibility index (Phi) is 4.52. The molecule has 0 fully saturated rings. The number of benzene rings is 2. The van der Waals surface area contributed by atoms with Crippen LogP contribution < -0.4 is 9.47 Å². The molecule has 0 aliphatic carbocycles. The van der Waals surface area contributed by atoms with Crippen LogP contribution in [0.5, 0.6) is 11.5 Å². The molecule has 2 aromatic carbocycles. The highest BCUT2D eigenvalue weighted by Gasteiger charge is 2.28. The minimum atomic E-state index is -0.789. The highest BCUT2D eigenvalue weighted by atomic mass is 19.1. The number of ether oxygens (including phenoxy) is 3. The third-order valence-electron chi connectivity index (χ3n) is 3.63. The molecule has 3 rings (SSSR count). The summed E-state index contributed by atoms with van der Waals surface area (Å²) in [5, 5.41) is 0. The second-order valence-corrected chi connectivity index (χ2v) is 5.44. The van der Waals surface area contributed by atoms with Gasteiger partial charge in [0.2, 0.25) is 5.78 Å². The number of fused-ring (bicyclic) bond motifs is 1. The highest BCUT2D eigenvalue weighted by molar-refractivity contribution is 6.14. The molecule has 0 unspecified atom stereocenters. The third-order valence-corrected chi connectivity index (χ3v) is 3.63. The maximum Gasteiger partial charge on any atom is 0.346 e. The molecule has 0 amide bonds. The average Bonchev–Trinajstić information content (AvgIpc) is 2.89. The number of methoxy groups -OCH3 is 1. The lowest BCUT2D eigenvalue weighted by atomic mass is 10.1. The van der Waals surface area contributed by atoms with Crippen molar-refractivity contribution in [2.75, 3.05) is 7.11 Å². The summed E-state index contributed by atoms with van der Waals surface area (Å²) in [4.78, 5) is 23.8. The van der Waals surface area contributed by atoms with Gasteiger partial charge in [0.1, 0.15) is 17.3 Å². The van der Waals surface area contributed by atoms with Crippen LogP contribution in [0.3, 0.4) is 0 Å². The van der Waals surface area contributed by atoms with Gasteiger partial charge in [0.15, 0.2) is 11.9 Å². The molecule has 128 valence electrons. The van der Waals surface area contributed by atoms with E-state index in [2.05, 4.69) is 4.74 Å². The van der Waals surface area contributed by atoms with E-state index in [-0.39, 0.29) is 11.5 Å². The molecule has 25 heavy (non-hydrogen) atoms. The fourth-order valence-corrected chi connectivity index (χ4v) is 2.41. The zero-order valence-corrected chi connectivity index (χ0v) is 13.6. The highest BCUT2D eigenvalue weighted by Crippen LogP contribution is 2.35. The first-order valence-corrected chi connectivity index (χ1v) is 7.56. The molecular weight excluding hydrogens is 327 g/mol. The lowest BCUT2D eigenvalue weighted by molar-refractivity contribution is -0.147. The van der Waals surface area contributed by atoms with Gasteiger partial charge in [-0.15, -0.1) is 0 Å². The minimum absolute atomic E-state index is 0.0961. The summed E-state index contributed by atoms with van der Waals surface area (Å²) >= 11 is 0. The van der Waals surface area contributed by atoms with E-state index in [1.54, 1.807) is 31.2 Å². The van der Waals surface area contributed by atoms with Gasteiger partial charge in [-0.3, -0.25) is 4.79 Å². The number of hydrogen-bond acceptors (Lipinski definition) is 5. The number of Topliss-reactive ketones (excluding diaryl/α,β-unsaturated/α-hetero) is 1. The Bertz CT molecular complexity index is 872. The molecule has 5 nitrogen and oxygen atoms in total. The van der Waals surface area contributed by atoms with E-state index in [4.69, 9.17) is 9.47 Å². The topological polar surface area (TPSA) is 61.8 Å². The molecule has 1 heterocycles. The Morgan fingerprint density at radius 3 is 2.76 bits per heavy atom. The lowest BCUT2D eigenvalue weighted by Crippen LogP contribution is -2.24. The van der Waals surface area contributed by atoms with Crippen LogP contribution in [0.25, 0.3) is 6.08 Å². The van der Waals surface area contributed by atoms with E-state index in [9.17, 15) is 14.0 Å². The number of carbonyl (C=O) groups is 2. The monoisotopic (exact) mass is 342 g/mol. The standard InChI is InChI=1S/C19H15FO5/c1-11(19(22)23-2)24-14-6-7-15-16(10-14)25-17(18(15)21)9-12-4-3-5-13(20)8-12/h3-11H,1-2H3/t11-/m0/s1. The Labute approximate surface area is 143 Å². The van der Waals surface area contributed by atoms with Gasteiger partial charge in [-0.25, -0.2) is 9.18 Å². The second kappa shape index (κ2) is 6.76. The van der Waals surface area contributed by atoms with Gasteiger partial charge in [-0.05, 0) is 42.8 Å². The largest absolute Gasteiger partial charge is 0.479 e. The first-order chi connectivity index (χ1) is 12.0. The second-order valence-electron chi connectivity index (χ2n) is 5.44. The van der Waals surface area contributed by atoms with Crippen molar-refractivity contribution in [1.29, 1.82) is 0 Å². The summed E-state index contributed by atoms with van der Waals surface area (Å²) < 4.78 is 28.9. The van der Waals surface area contributed by atoms with Gasteiger partial charge >= 0.3 is 5.97 Å². The number of rotatable bonds is 4. The Morgan fingerprint density at radius 1 is 1.24 bits per heavy atom. The van der Waals surface area contributed by atoms with E-state index in [1.165, 1.54) is 31.4 Å². The molecular formula is C19H15FO5. The van der Waals surface area contributed by atoms with Crippen LogP contribution >= 0.6 is 0 Å². The van der Waals surface area contributed by atoms with E-state index >= 15 is 0 Å². The summed E-state index contributed by atoms with van der Waals surface area (Å²) in [7, 11) is 1.27. The van der Waals surface area contributed by atoms with E-state index in [0.29, 0.717) is 22.6 Å². The molecule has 1 aliphatic heterocycles. The Morgan fingerprint density at radius 2 is 2.04 bits per heavy atom. The zero-order chi connectivity index (χ0) is 18.0. The Hall–Kier alpha value is -3.15. The fraction of sp³-hybridized carbons (Fsp3) is 0.158. The average molecular weight is 342 g/mol. The molecule has 0 saturated heterocycles. The molecule has 0 saturated carbocycles. The van der Waals surface area contributed by atoms with Crippen molar-refractivity contribution in [1.82, 2.24) is 0 Å². The number of carbonyl (C=O) groups excluding carboxylic acids is 2. The summed E-state index contributed by atoms with van der Waals surface area (Å²) in [6.45, 7) is 1.56. The van der Waals surface area contributed by atoms with Crippen LogP contribution in [0.1, 0.15) is 22.8 Å². The molecule has 0 aromatic heterocycles. The van der Waals surface area contributed by atoms with Crippen molar-refractivity contribution in [2.45, 2.75) is 13.0 Å².